The van der Waals surface area contributed by atoms with Gasteiger partial charge in [0.05, 0.1) is 11.7 Å². The van der Waals surface area contributed by atoms with Crippen molar-refractivity contribution in [1.82, 2.24) is 10.2 Å². The molecule has 3 heteroatoms. The normalized spacial score (nSPS) is 31.7. The lowest BCUT2D eigenvalue weighted by Crippen LogP contribution is -2.36. The number of hydrogen-bond donors (Lipinski definition) is 1. The average Bonchev–Trinajstić information content (AvgIpc) is 2.78. The Bertz CT molecular complexity index is 211. The maximum Gasteiger partial charge on any atom is 0.244 e. The van der Waals surface area contributed by atoms with Gasteiger partial charge in [-0.2, -0.15) is 0 Å². The molecular weight excluding hydrogens is 152 g/mol. The van der Waals surface area contributed by atoms with E-state index >= 15 is 0 Å². The highest BCUT2D eigenvalue weighted by Crippen LogP contribution is 2.42. The van der Waals surface area contributed by atoms with Crippen LogP contribution in [-0.2, 0) is 4.79 Å². The summed E-state index contributed by atoms with van der Waals surface area (Å²) in [5.74, 6) is 0.330. The van der Waals surface area contributed by atoms with Crippen molar-refractivity contribution in [2.75, 3.05) is 6.54 Å². The Morgan fingerprint density at radius 1 is 1.58 bits per heavy atom. The second-order valence-corrected chi connectivity index (χ2v) is 3.74. The van der Waals surface area contributed by atoms with Crippen LogP contribution in [0.5, 0.6) is 0 Å². The molecule has 1 aliphatic heterocycles. The Labute approximate surface area is 73.1 Å². The van der Waals surface area contributed by atoms with Gasteiger partial charge in [-0.05, 0) is 26.2 Å². The average molecular weight is 168 g/mol. The van der Waals surface area contributed by atoms with Gasteiger partial charge in [-0.25, -0.2) is 0 Å². The lowest BCUT2D eigenvalue weighted by molar-refractivity contribution is -0.130. The van der Waals surface area contributed by atoms with Gasteiger partial charge in [0.1, 0.15) is 0 Å². The van der Waals surface area contributed by atoms with Crippen molar-refractivity contribution in [3.8, 4) is 0 Å². The van der Waals surface area contributed by atoms with E-state index in [4.69, 9.17) is 0 Å². The summed E-state index contributed by atoms with van der Waals surface area (Å²) in [5, 5.41) is 3.42. The molecule has 0 aromatic rings. The number of amides is 1. The maximum atomic E-state index is 11.8. The van der Waals surface area contributed by atoms with Gasteiger partial charge in [0, 0.05) is 6.54 Å². The first-order valence-corrected chi connectivity index (χ1v) is 4.82. The molecule has 3 nitrogen and oxygen atoms in total. The molecular formula is C9H16N2O. The van der Waals surface area contributed by atoms with Crippen molar-refractivity contribution >= 4 is 5.91 Å². The third-order valence-corrected chi connectivity index (χ3v) is 2.97. The van der Waals surface area contributed by atoms with Crippen LogP contribution in [0.4, 0.5) is 0 Å². The van der Waals surface area contributed by atoms with Gasteiger partial charge in [-0.15, -0.1) is 0 Å². The molecule has 68 valence electrons. The number of likely N-dealkylation sites (N-methyl/N-ethyl adjacent to an activating group) is 1. The quantitative estimate of drug-likeness (QED) is 0.658. The van der Waals surface area contributed by atoms with Crippen molar-refractivity contribution < 1.29 is 4.79 Å². The molecule has 1 unspecified atom stereocenters. The molecule has 1 atom stereocenters. The van der Waals surface area contributed by atoms with Gasteiger partial charge in [0.15, 0.2) is 0 Å². The van der Waals surface area contributed by atoms with E-state index in [1.165, 1.54) is 0 Å². The lowest BCUT2D eigenvalue weighted by Gasteiger charge is -2.20. The highest BCUT2D eigenvalue weighted by Gasteiger charge is 2.58. The van der Waals surface area contributed by atoms with Crippen LogP contribution in [0.15, 0.2) is 0 Å². The van der Waals surface area contributed by atoms with E-state index in [1.807, 2.05) is 11.8 Å². The monoisotopic (exact) mass is 168 g/mol. The van der Waals surface area contributed by atoms with E-state index < -0.39 is 0 Å². The predicted molar refractivity (Wildman–Crippen MR) is 46.6 cm³/mol. The maximum absolute atomic E-state index is 11.8. The molecule has 1 saturated heterocycles. The van der Waals surface area contributed by atoms with E-state index in [1.54, 1.807) is 0 Å². The Kier molecular flexibility index (Phi) is 1.65. The molecule has 0 aromatic carbocycles. The molecule has 0 radical (unpaired) electrons. The molecule has 1 saturated carbocycles. The number of nitrogens with zero attached hydrogens (tertiary/aromatic N) is 1. The fourth-order valence-corrected chi connectivity index (χ4v) is 2.04. The third kappa shape index (κ3) is 0.891. The number of carbonyl (C=O) groups is 1. The molecule has 1 amide bonds. The van der Waals surface area contributed by atoms with Crippen molar-refractivity contribution in [2.45, 2.75) is 44.8 Å². The summed E-state index contributed by atoms with van der Waals surface area (Å²) in [5.41, 5.74) is -0.114. The molecule has 12 heavy (non-hydrogen) atoms. The highest BCUT2D eigenvalue weighted by atomic mass is 16.2. The van der Waals surface area contributed by atoms with E-state index in [0.29, 0.717) is 12.1 Å². The lowest BCUT2D eigenvalue weighted by atomic mass is 10.3. The zero-order valence-electron chi connectivity index (χ0n) is 7.76. The van der Waals surface area contributed by atoms with Crippen LogP contribution in [0.3, 0.4) is 0 Å². The van der Waals surface area contributed by atoms with E-state index in [2.05, 4.69) is 12.2 Å². The second kappa shape index (κ2) is 2.46. The fourth-order valence-electron chi connectivity index (χ4n) is 2.04. The Morgan fingerprint density at radius 2 is 2.25 bits per heavy atom. The molecule has 2 rings (SSSR count). The second-order valence-electron chi connectivity index (χ2n) is 3.74. The van der Waals surface area contributed by atoms with E-state index in [-0.39, 0.29) is 5.54 Å². The summed E-state index contributed by atoms with van der Waals surface area (Å²) in [6.07, 6.45) is 3.39. The van der Waals surface area contributed by atoms with Crippen LogP contribution in [0, 0.1) is 0 Å². The first-order chi connectivity index (χ1) is 5.73. The van der Waals surface area contributed by atoms with Gasteiger partial charge < -0.3 is 4.90 Å². The summed E-state index contributed by atoms with van der Waals surface area (Å²) < 4.78 is 0. The Balaban J connectivity index is 2.16. The topological polar surface area (TPSA) is 32.3 Å². The van der Waals surface area contributed by atoms with Crippen LogP contribution in [0.1, 0.15) is 33.1 Å². The molecule has 1 aliphatic carbocycles. The van der Waals surface area contributed by atoms with Crippen molar-refractivity contribution in [1.29, 1.82) is 0 Å². The minimum Gasteiger partial charge on any atom is -0.326 e. The Hall–Kier alpha value is -0.570. The minimum atomic E-state index is -0.114. The van der Waals surface area contributed by atoms with Crippen molar-refractivity contribution in [2.24, 2.45) is 0 Å². The van der Waals surface area contributed by atoms with Gasteiger partial charge in [0.25, 0.3) is 0 Å². The zero-order valence-corrected chi connectivity index (χ0v) is 7.76. The van der Waals surface area contributed by atoms with Gasteiger partial charge in [-0.1, -0.05) is 6.92 Å². The van der Waals surface area contributed by atoms with Gasteiger partial charge in [-0.3, -0.25) is 10.1 Å². The summed E-state index contributed by atoms with van der Waals surface area (Å²) in [4.78, 5) is 13.7. The molecule has 0 aromatic heterocycles. The molecule has 0 bridgehead atoms. The van der Waals surface area contributed by atoms with Crippen LogP contribution in [-0.4, -0.2) is 29.1 Å². The molecule has 1 spiro atoms. The number of nitrogens with one attached hydrogen (secondary N) is 1. The van der Waals surface area contributed by atoms with E-state index in [9.17, 15) is 4.79 Å². The first kappa shape index (κ1) is 8.05. The summed E-state index contributed by atoms with van der Waals surface area (Å²) in [6.45, 7) is 5.00. The summed E-state index contributed by atoms with van der Waals surface area (Å²) >= 11 is 0. The highest BCUT2D eigenvalue weighted by molar-refractivity contribution is 5.91. The van der Waals surface area contributed by atoms with Crippen LogP contribution in [0.2, 0.25) is 0 Å². The number of hydrogen-bond acceptors (Lipinski definition) is 2. The molecule has 1 N–H and O–H groups in total. The zero-order chi connectivity index (χ0) is 8.77. The van der Waals surface area contributed by atoms with Crippen LogP contribution < -0.4 is 5.32 Å². The molecule has 1 heterocycles. The predicted octanol–water partition coefficient (Wildman–Crippen LogP) is 0.707. The first-order valence-electron chi connectivity index (χ1n) is 4.82. The summed E-state index contributed by atoms with van der Waals surface area (Å²) in [6, 6.07) is 0. The van der Waals surface area contributed by atoms with Crippen molar-refractivity contribution in [3.05, 3.63) is 0 Å². The van der Waals surface area contributed by atoms with Crippen LogP contribution in [0.25, 0.3) is 0 Å². The fraction of sp³-hybridized carbons (Fsp3) is 0.889. The van der Waals surface area contributed by atoms with Crippen molar-refractivity contribution in [3.63, 3.8) is 0 Å². The standard InChI is InChI=1S/C9H16N2O/c1-3-7-10-9(5-6-9)8(12)11(7)4-2/h7,10H,3-6H2,1-2H3. The minimum absolute atomic E-state index is 0.114. The Morgan fingerprint density at radius 3 is 2.58 bits per heavy atom. The SMILES string of the molecule is CCC1NC2(CC2)C(=O)N1CC. The van der Waals surface area contributed by atoms with Gasteiger partial charge >= 0.3 is 0 Å². The third-order valence-electron chi connectivity index (χ3n) is 2.97. The van der Waals surface area contributed by atoms with E-state index in [0.717, 1.165) is 25.8 Å². The summed E-state index contributed by atoms with van der Waals surface area (Å²) in [7, 11) is 0. The van der Waals surface area contributed by atoms with Crippen LogP contribution >= 0.6 is 0 Å². The smallest absolute Gasteiger partial charge is 0.244 e. The number of rotatable bonds is 2. The largest absolute Gasteiger partial charge is 0.326 e. The number of carbonyl (C=O) groups excluding carboxylic acids is 1. The van der Waals surface area contributed by atoms with Gasteiger partial charge in [0.2, 0.25) is 5.91 Å². The molecule has 2 fully saturated rings. The molecule has 2 aliphatic rings.